The molecule has 2 aromatic rings. The van der Waals surface area contributed by atoms with Crippen molar-refractivity contribution in [2.24, 2.45) is 0 Å². The molecule has 1 aromatic heterocycles. The predicted octanol–water partition coefficient (Wildman–Crippen LogP) is 3.37. The van der Waals surface area contributed by atoms with Crippen molar-refractivity contribution in [3.8, 4) is 11.6 Å². The second-order valence-electron chi connectivity index (χ2n) is 4.36. The summed E-state index contributed by atoms with van der Waals surface area (Å²) < 4.78 is 10.5. The number of rotatable bonds is 6. The first kappa shape index (κ1) is 14.1. The Bertz CT molecular complexity index is 537. The third-order valence-corrected chi connectivity index (χ3v) is 2.68. The normalized spacial score (nSPS) is 10.1. The lowest BCUT2D eigenvalue weighted by atomic mass is 10.2. The first-order valence-electron chi connectivity index (χ1n) is 6.55. The van der Waals surface area contributed by atoms with E-state index in [0.717, 1.165) is 24.2 Å². The van der Waals surface area contributed by atoms with E-state index in [1.54, 1.807) is 6.20 Å². The van der Waals surface area contributed by atoms with Gasteiger partial charge < -0.3 is 9.47 Å². The van der Waals surface area contributed by atoms with Crippen LogP contribution in [0, 0.1) is 0 Å². The van der Waals surface area contributed by atoms with Gasteiger partial charge in [-0.3, -0.25) is 4.79 Å². The summed E-state index contributed by atoms with van der Waals surface area (Å²) in [7, 11) is 0. The number of carbonyl (C=O) groups excluding carboxylic acids is 1. The zero-order valence-electron chi connectivity index (χ0n) is 11.4. The van der Waals surface area contributed by atoms with Crippen LogP contribution in [-0.2, 0) is 16.0 Å². The quantitative estimate of drug-likeness (QED) is 0.597. The lowest BCUT2D eigenvalue weighted by molar-refractivity contribution is -0.141. The van der Waals surface area contributed by atoms with Gasteiger partial charge in [-0.1, -0.05) is 24.3 Å². The molecule has 1 heterocycles. The molecular weight excluding hydrogens is 254 g/mol. The lowest BCUT2D eigenvalue weighted by Crippen LogP contribution is -2.01. The number of hydrogen-bond acceptors (Lipinski definition) is 4. The van der Waals surface area contributed by atoms with Crippen LogP contribution in [0.4, 0.5) is 0 Å². The van der Waals surface area contributed by atoms with Gasteiger partial charge in [0.25, 0.3) is 0 Å². The van der Waals surface area contributed by atoms with E-state index in [-0.39, 0.29) is 5.97 Å². The molecular formula is C16H17NO3. The highest BCUT2D eigenvalue weighted by Crippen LogP contribution is 2.18. The molecule has 104 valence electrons. The summed E-state index contributed by atoms with van der Waals surface area (Å²) in [5.74, 6) is 1.09. The third-order valence-electron chi connectivity index (χ3n) is 2.68. The van der Waals surface area contributed by atoms with E-state index in [1.165, 1.54) is 6.92 Å². The average Bonchev–Trinajstić information content (AvgIpc) is 2.46. The Morgan fingerprint density at radius 3 is 2.60 bits per heavy atom. The Kier molecular flexibility index (Phi) is 5.12. The largest absolute Gasteiger partial charge is 0.466 e. The van der Waals surface area contributed by atoms with Crippen LogP contribution < -0.4 is 4.74 Å². The molecule has 0 radical (unpaired) electrons. The number of aryl methyl sites for hydroxylation is 1. The Morgan fingerprint density at radius 1 is 1.15 bits per heavy atom. The first-order valence-corrected chi connectivity index (χ1v) is 6.55. The van der Waals surface area contributed by atoms with E-state index >= 15 is 0 Å². The zero-order valence-corrected chi connectivity index (χ0v) is 11.4. The number of ether oxygens (including phenoxy) is 2. The van der Waals surface area contributed by atoms with Crippen LogP contribution in [0.3, 0.4) is 0 Å². The fraction of sp³-hybridized carbons (Fsp3) is 0.250. The van der Waals surface area contributed by atoms with Crippen molar-refractivity contribution < 1.29 is 14.3 Å². The van der Waals surface area contributed by atoms with Crippen molar-refractivity contribution in [2.75, 3.05) is 6.61 Å². The van der Waals surface area contributed by atoms with Crippen LogP contribution in [0.15, 0.2) is 48.7 Å². The Hall–Kier alpha value is -2.36. The van der Waals surface area contributed by atoms with Gasteiger partial charge in [0.15, 0.2) is 0 Å². The average molecular weight is 271 g/mol. The fourth-order valence-electron chi connectivity index (χ4n) is 1.72. The summed E-state index contributed by atoms with van der Waals surface area (Å²) in [6.45, 7) is 1.86. The molecule has 1 aromatic carbocycles. The molecule has 0 unspecified atom stereocenters. The number of hydrogen-bond donors (Lipinski definition) is 0. The number of pyridine rings is 1. The molecule has 0 N–H and O–H groups in total. The van der Waals surface area contributed by atoms with Gasteiger partial charge in [0, 0.05) is 19.2 Å². The highest BCUT2D eigenvalue weighted by Gasteiger charge is 2.00. The molecule has 0 spiro atoms. The van der Waals surface area contributed by atoms with E-state index in [0.29, 0.717) is 12.5 Å². The highest BCUT2D eigenvalue weighted by molar-refractivity contribution is 5.65. The van der Waals surface area contributed by atoms with E-state index in [4.69, 9.17) is 9.47 Å². The number of aromatic nitrogens is 1. The van der Waals surface area contributed by atoms with Crippen LogP contribution in [-0.4, -0.2) is 17.6 Å². The number of carbonyl (C=O) groups is 1. The summed E-state index contributed by atoms with van der Waals surface area (Å²) in [6, 6.07) is 13.3. The second-order valence-corrected chi connectivity index (χ2v) is 4.36. The van der Waals surface area contributed by atoms with Crippen molar-refractivity contribution in [1.82, 2.24) is 4.98 Å². The lowest BCUT2D eigenvalue weighted by Gasteiger charge is -2.06. The van der Waals surface area contributed by atoms with Crippen LogP contribution in [0.1, 0.15) is 18.9 Å². The van der Waals surface area contributed by atoms with Gasteiger partial charge in [0.1, 0.15) is 5.75 Å². The maximum atomic E-state index is 10.6. The van der Waals surface area contributed by atoms with Gasteiger partial charge in [0.05, 0.1) is 6.61 Å². The second kappa shape index (κ2) is 7.28. The maximum absolute atomic E-state index is 10.6. The predicted molar refractivity (Wildman–Crippen MR) is 75.7 cm³/mol. The van der Waals surface area contributed by atoms with Crippen LogP contribution >= 0.6 is 0 Å². The standard InChI is InChI=1S/C16H17NO3/c1-13(18)19-11-5-6-14-9-10-16(17-12-14)20-15-7-3-2-4-8-15/h2-4,7-10,12H,5-6,11H2,1H3. The van der Waals surface area contributed by atoms with E-state index < -0.39 is 0 Å². The molecule has 0 aliphatic heterocycles. The molecule has 0 bridgehead atoms. The molecule has 0 amide bonds. The van der Waals surface area contributed by atoms with Crippen molar-refractivity contribution in [3.05, 3.63) is 54.2 Å². The third kappa shape index (κ3) is 4.72. The SMILES string of the molecule is CC(=O)OCCCc1ccc(Oc2ccccc2)nc1. The monoisotopic (exact) mass is 271 g/mol. The minimum absolute atomic E-state index is 0.241. The van der Waals surface area contributed by atoms with Gasteiger partial charge in [0.2, 0.25) is 5.88 Å². The van der Waals surface area contributed by atoms with Crippen molar-refractivity contribution in [3.63, 3.8) is 0 Å². The fourth-order valence-corrected chi connectivity index (χ4v) is 1.72. The Balaban J connectivity index is 1.82. The maximum Gasteiger partial charge on any atom is 0.302 e. The summed E-state index contributed by atoms with van der Waals surface area (Å²) in [4.78, 5) is 14.9. The highest BCUT2D eigenvalue weighted by atomic mass is 16.5. The molecule has 0 fully saturated rings. The molecule has 0 aliphatic carbocycles. The van der Waals surface area contributed by atoms with Crippen molar-refractivity contribution in [2.45, 2.75) is 19.8 Å². The minimum atomic E-state index is -0.241. The zero-order chi connectivity index (χ0) is 14.2. The van der Waals surface area contributed by atoms with Gasteiger partial charge in [-0.25, -0.2) is 4.98 Å². The molecule has 0 atom stereocenters. The van der Waals surface area contributed by atoms with Crippen LogP contribution in [0.2, 0.25) is 0 Å². The van der Waals surface area contributed by atoms with E-state index in [9.17, 15) is 4.79 Å². The number of para-hydroxylation sites is 1. The van der Waals surface area contributed by atoms with Gasteiger partial charge in [-0.05, 0) is 30.5 Å². The van der Waals surface area contributed by atoms with Gasteiger partial charge >= 0.3 is 5.97 Å². The smallest absolute Gasteiger partial charge is 0.302 e. The van der Waals surface area contributed by atoms with E-state index in [2.05, 4.69) is 4.98 Å². The Labute approximate surface area is 118 Å². The summed E-state index contributed by atoms with van der Waals surface area (Å²) in [6.07, 6.45) is 3.40. The number of esters is 1. The van der Waals surface area contributed by atoms with Crippen LogP contribution in [0.25, 0.3) is 0 Å². The molecule has 0 saturated heterocycles. The summed E-state index contributed by atoms with van der Waals surface area (Å²) in [5, 5.41) is 0. The topological polar surface area (TPSA) is 48.4 Å². The summed E-state index contributed by atoms with van der Waals surface area (Å²) in [5.41, 5.74) is 1.09. The van der Waals surface area contributed by atoms with Crippen molar-refractivity contribution >= 4 is 5.97 Å². The summed E-state index contributed by atoms with van der Waals surface area (Å²) >= 11 is 0. The van der Waals surface area contributed by atoms with Crippen LogP contribution in [0.5, 0.6) is 11.6 Å². The molecule has 20 heavy (non-hydrogen) atoms. The molecule has 0 saturated carbocycles. The first-order chi connectivity index (χ1) is 9.74. The molecule has 4 nitrogen and oxygen atoms in total. The van der Waals surface area contributed by atoms with Gasteiger partial charge in [-0.2, -0.15) is 0 Å². The molecule has 4 heteroatoms. The number of benzene rings is 1. The van der Waals surface area contributed by atoms with Gasteiger partial charge in [-0.15, -0.1) is 0 Å². The van der Waals surface area contributed by atoms with Crippen molar-refractivity contribution in [1.29, 1.82) is 0 Å². The minimum Gasteiger partial charge on any atom is -0.466 e. The molecule has 2 rings (SSSR count). The molecule has 0 aliphatic rings. The Morgan fingerprint density at radius 2 is 1.95 bits per heavy atom. The number of nitrogens with zero attached hydrogens (tertiary/aromatic N) is 1. The van der Waals surface area contributed by atoms with E-state index in [1.807, 2.05) is 42.5 Å².